The summed E-state index contributed by atoms with van der Waals surface area (Å²) < 4.78 is 10.9. The average molecular weight is 255 g/mol. The molecule has 2 aliphatic rings. The quantitative estimate of drug-likeness (QED) is 0.748. The Balaban J connectivity index is 1.90. The SMILES string of the molecule is O=S=C1C=CC=C2N=C(Cc3ccccn3)N=C21. The molecule has 0 bridgehead atoms. The van der Waals surface area contributed by atoms with Gasteiger partial charge in [0.05, 0.1) is 28.2 Å². The molecule has 0 spiro atoms. The van der Waals surface area contributed by atoms with Crippen LogP contribution in [0.15, 0.2) is 58.3 Å². The van der Waals surface area contributed by atoms with Gasteiger partial charge >= 0.3 is 0 Å². The molecule has 88 valence electrons. The van der Waals surface area contributed by atoms with Crippen molar-refractivity contribution in [1.82, 2.24) is 4.98 Å². The van der Waals surface area contributed by atoms with Crippen LogP contribution in [0.3, 0.4) is 0 Å². The summed E-state index contributed by atoms with van der Waals surface area (Å²) in [5.41, 5.74) is 2.37. The number of hydrogen-bond acceptors (Lipinski definition) is 4. The molecule has 4 nitrogen and oxygen atoms in total. The second kappa shape index (κ2) is 4.62. The summed E-state index contributed by atoms with van der Waals surface area (Å²) >= 11 is 0.450. The van der Waals surface area contributed by atoms with E-state index in [-0.39, 0.29) is 0 Å². The van der Waals surface area contributed by atoms with Crippen LogP contribution in [-0.4, -0.2) is 25.6 Å². The van der Waals surface area contributed by atoms with Gasteiger partial charge in [-0.15, -0.1) is 0 Å². The predicted molar refractivity (Wildman–Crippen MR) is 73.2 cm³/mol. The highest BCUT2D eigenvalue weighted by atomic mass is 32.1. The molecule has 0 saturated carbocycles. The van der Waals surface area contributed by atoms with E-state index in [1.54, 1.807) is 12.3 Å². The molecule has 0 saturated heterocycles. The molecule has 5 heteroatoms. The van der Waals surface area contributed by atoms with Crippen molar-refractivity contribution in [2.45, 2.75) is 6.42 Å². The molecule has 1 aromatic heterocycles. The summed E-state index contributed by atoms with van der Waals surface area (Å²) in [5.74, 6) is 0.699. The van der Waals surface area contributed by atoms with Crippen LogP contribution in [0.2, 0.25) is 0 Å². The summed E-state index contributed by atoms with van der Waals surface area (Å²) in [7, 11) is 0. The highest BCUT2D eigenvalue weighted by Crippen LogP contribution is 2.17. The van der Waals surface area contributed by atoms with Crippen LogP contribution in [-0.2, 0) is 17.7 Å². The van der Waals surface area contributed by atoms with E-state index in [4.69, 9.17) is 0 Å². The van der Waals surface area contributed by atoms with E-state index in [1.807, 2.05) is 30.4 Å². The fourth-order valence-corrected chi connectivity index (χ4v) is 2.18. The van der Waals surface area contributed by atoms with Crippen LogP contribution in [0.1, 0.15) is 5.69 Å². The number of fused-ring (bicyclic) bond motifs is 1. The minimum Gasteiger partial charge on any atom is -0.261 e. The van der Waals surface area contributed by atoms with Gasteiger partial charge in [-0.25, -0.2) is 14.2 Å². The van der Waals surface area contributed by atoms with E-state index in [0.29, 0.717) is 34.1 Å². The summed E-state index contributed by atoms with van der Waals surface area (Å²) in [6.45, 7) is 0. The summed E-state index contributed by atoms with van der Waals surface area (Å²) in [4.78, 5) is 13.7. The van der Waals surface area contributed by atoms with Crippen molar-refractivity contribution in [1.29, 1.82) is 0 Å². The lowest BCUT2D eigenvalue weighted by molar-refractivity contribution is 0.701. The van der Waals surface area contributed by atoms with Crippen LogP contribution in [0.5, 0.6) is 0 Å². The minimum atomic E-state index is 0.450. The zero-order chi connectivity index (χ0) is 12.4. The number of hydrogen-bond donors (Lipinski definition) is 0. The van der Waals surface area contributed by atoms with Crippen LogP contribution in [0, 0.1) is 0 Å². The molecule has 1 aliphatic carbocycles. The van der Waals surface area contributed by atoms with E-state index >= 15 is 0 Å². The Morgan fingerprint density at radius 3 is 2.94 bits per heavy atom. The zero-order valence-electron chi connectivity index (χ0n) is 9.41. The average Bonchev–Trinajstić information content (AvgIpc) is 2.82. The van der Waals surface area contributed by atoms with Gasteiger partial charge < -0.3 is 0 Å². The number of allylic oxidation sites excluding steroid dienone is 4. The first-order valence-electron chi connectivity index (χ1n) is 5.49. The third kappa shape index (κ3) is 2.00. The van der Waals surface area contributed by atoms with Crippen molar-refractivity contribution >= 4 is 27.7 Å². The maximum absolute atomic E-state index is 10.9. The molecule has 0 radical (unpaired) electrons. The molecule has 0 N–H and O–H groups in total. The Labute approximate surface area is 108 Å². The van der Waals surface area contributed by atoms with Crippen LogP contribution in [0.4, 0.5) is 0 Å². The first kappa shape index (κ1) is 11.0. The molecule has 0 fully saturated rings. The largest absolute Gasteiger partial charge is 0.261 e. The first-order chi connectivity index (χ1) is 8.86. The molecular weight excluding hydrogens is 246 g/mol. The number of pyridine rings is 1. The summed E-state index contributed by atoms with van der Waals surface area (Å²) in [6, 6.07) is 5.74. The number of aromatic nitrogens is 1. The normalized spacial score (nSPS) is 16.9. The van der Waals surface area contributed by atoms with E-state index in [0.717, 1.165) is 11.4 Å². The Hall–Kier alpha value is -2.14. The topological polar surface area (TPSA) is 54.7 Å². The Morgan fingerprint density at radius 1 is 1.22 bits per heavy atom. The molecule has 2 heterocycles. The zero-order valence-corrected chi connectivity index (χ0v) is 10.2. The van der Waals surface area contributed by atoms with Gasteiger partial charge in [0.1, 0.15) is 11.5 Å². The Bertz CT molecular complexity index is 665. The Kier molecular flexibility index (Phi) is 2.82. The van der Waals surface area contributed by atoms with Gasteiger partial charge in [0.15, 0.2) is 0 Å². The molecule has 1 aliphatic heterocycles. The molecule has 0 unspecified atom stereocenters. The highest BCUT2D eigenvalue weighted by Gasteiger charge is 2.21. The van der Waals surface area contributed by atoms with Gasteiger partial charge in [0.25, 0.3) is 0 Å². The van der Waals surface area contributed by atoms with Gasteiger partial charge in [-0.05, 0) is 24.3 Å². The summed E-state index contributed by atoms with van der Waals surface area (Å²) in [6.07, 6.45) is 7.78. The third-order valence-electron chi connectivity index (χ3n) is 2.62. The summed E-state index contributed by atoms with van der Waals surface area (Å²) in [5, 5.41) is 0. The number of amidine groups is 1. The molecule has 18 heavy (non-hydrogen) atoms. The van der Waals surface area contributed by atoms with Crippen molar-refractivity contribution < 1.29 is 4.21 Å². The van der Waals surface area contributed by atoms with Crippen molar-refractivity contribution in [3.8, 4) is 0 Å². The third-order valence-corrected chi connectivity index (χ3v) is 3.13. The fraction of sp³-hybridized carbons (Fsp3) is 0.0769. The number of nitrogens with zero attached hydrogens (tertiary/aromatic N) is 3. The molecule has 0 atom stereocenters. The second-order valence-electron chi connectivity index (χ2n) is 3.84. The minimum absolute atomic E-state index is 0.450. The monoisotopic (exact) mass is 255 g/mol. The molecule has 3 rings (SSSR count). The highest BCUT2D eigenvalue weighted by molar-refractivity contribution is 7.69. The van der Waals surface area contributed by atoms with Gasteiger partial charge in [0.2, 0.25) is 0 Å². The first-order valence-corrected chi connectivity index (χ1v) is 6.23. The maximum Gasteiger partial charge on any atom is 0.135 e. The van der Waals surface area contributed by atoms with E-state index in [9.17, 15) is 4.21 Å². The van der Waals surface area contributed by atoms with Gasteiger partial charge in [-0.2, -0.15) is 0 Å². The van der Waals surface area contributed by atoms with E-state index < -0.39 is 0 Å². The lowest BCUT2D eigenvalue weighted by atomic mass is 10.1. The van der Waals surface area contributed by atoms with E-state index in [1.165, 1.54) is 0 Å². The molecule has 0 amide bonds. The van der Waals surface area contributed by atoms with Crippen molar-refractivity contribution in [3.05, 3.63) is 54.0 Å². The standard InChI is InChI=1S/C13H9N3OS/c17-18-11-6-3-5-10-13(11)16-12(15-10)8-9-4-1-2-7-14-9/h1-7H,8H2. The van der Waals surface area contributed by atoms with E-state index in [2.05, 4.69) is 15.0 Å². The van der Waals surface area contributed by atoms with Crippen LogP contribution in [0.25, 0.3) is 0 Å². The number of aliphatic imine (C=N–C) groups is 2. The van der Waals surface area contributed by atoms with Gasteiger partial charge in [-0.1, -0.05) is 12.1 Å². The van der Waals surface area contributed by atoms with Crippen molar-refractivity contribution in [2.75, 3.05) is 0 Å². The lowest BCUT2D eigenvalue weighted by Gasteiger charge is -2.01. The fourth-order valence-electron chi connectivity index (χ4n) is 1.82. The van der Waals surface area contributed by atoms with Gasteiger partial charge in [-0.3, -0.25) is 4.98 Å². The Morgan fingerprint density at radius 2 is 2.17 bits per heavy atom. The van der Waals surface area contributed by atoms with Crippen molar-refractivity contribution in [3.63, 3.8) is 0 Å². The molecular formula is C13H9N3OS. The van der Waals surface area contributed by atoms with Crippen molar-refractivity contribution in [2.24, 2.45) is 9.98 Å². The lowest BCUT2D eigenvalue weighted by Crippen LogP contribution is -2.13. The maximum atomic E-state index is 10.9. The van der Waals surface area contributed by atoms with Crippen LogP contribution >= 0.6 is 0 Å². The van der Waals surface area contributed by atoms with Gasteiger partial charge in [0, 0.05) is 11.9 Å². The molecule has 0 aromatic carbocycles. The predicted octanol–water partition coefficient (Wildman–Crippen LogP) is 1.32. The molecule has 1 aromatic rings. The smallest absolute Gasteiger partial charge is 0.135 e. The number of rotatable bonds is 2. The second-order valence-corrected chi connectivity index (χ2v) is 4.45. The van der Waals surface area contributed by atoms with Crippen LogP contribution < -0.4 is 0 Å².